The van der Waals surface area contributed by atoms with E-state index in [-0.39, 0.29) is 24.3 Å². The highest BCUT2D eigenvalue weighted by atomic mass is 32.2. The second-order valence-corrected chi connectivity index (χ2v) is 10.5. The third kappa shape index (κ3) is 6.15. The van der Waals surface area contributed by atoms with Crippen LogP contribution in [0.5, 0.6) is 11.5 Å². The molecule has 0 fully saturated rings. The van der Waals surface area contributed by atoms with Crippen LogP contribution in [0.1, 0.15) is 42.5 Å². The van der Waals surface area contributed by atoms with Gasteiger partial charge in [0.05, 0.1) is 25.5 Å². The van der Waals surface area contributed by atoms with Crippen molar-refractivity contribution in [3.8, 4) is 11.5 Å². The van der Waals surface area contributed by atoms with Crippen molar-refractivity contribution in [2.75, 3.05) is 19.0 Å². The van der Waals surface area contributed by atoms with E-state index in [9.17, 15) is 9.59 Å². The Morgan fingerprint density at radius 3 is 2.38 bits per heavy atom. The van der Waals surface area contributed by atoms with Crippen LogP contribution in [-0.2, 0) is 9.59 Å². The number of aryl methyl sites for hydroxylation is 1. The van der Waals surface area contributed by atoms with E-state index < -0.39 is 5.25 Å². The number of rotatable bonds is 8. The summed E-state index contributed by atoms with van der Waals surface area (Å²) in [4.78, 5) is 30.0. The Balaban J connectivity index is 1.31. The van der Waals surface area contributed by atoms with Crippen molar-refractivity contribution in [2.45, 2.75) is 38.0 Å². The topological polar surface area (TPSA) is 92.6 Å². The van der Waals surface area contributed by atoms with Gasteiger partial charge in [0, 0.05) is 18.5 Å². The van der Waals surface area contributed by atoms with Crippen LogP contribution in [0.2, 0.25) is 0 Å². The first kappa shape index (κ1) is 26.5. The quantitative estimate of drug-likeness (QED) is 0.400. The van der Waals surface area contributed by atoms with Gasteiger partial charge < -0.3 is 14.8 Å². The number of methoxy groups -OCH3 is 1. The maximum atomic E-state index is 12.9. The molecule has 3 aromatic rings. The fourth-order valence-electron chi connectivity index (χ4n) is 4.48. The highest BCUT2D eigenvalue weighted by Crippen LogP contribution is 2.39. The Kier molecular flexibility index (Phi) is 7.97. The Hall–Kier alpha value is -4.11. The lowest BCUT2D eigenvalue weighted by atomic mass is 9.98. The number of nitrogens with one attached hydrogen (secondary N) is 1. The molecule has 2 amide bonds. The molecular formula is C30H30N4O4S. The summed E-state index contributed by atoms with van der Waals surface area (Å²) < 4.78 is 10.8. The molecule has 8 nitrogen and oxygen atoms in total. The molecule has 0 saturated heterocycles. The third-order valence-electron chi connectivity index (χ3n) is 6.54. The van der Waals surface area contributed by atoms with Gasteiger partial charge in [-0.2, -0.15) is 10.1 Å². The first-order valence-electron chi connectivity index (χ1n) is 12.8. The van der Waals surface area contributed by atoms with Crippen molar-refractivity contribution in [3.63, 3.8) is 0 Å². The smallest absolute Gasteiger partial charge is 0.262 e. The summed E-state index contributed by atoms with van der Waals surface area (Å²) in [5.74, 6) is 0.921. The lowest BCUT2D eigenvalue weighted by Crippen LogP contribution is -2.25. The fourth-order valence-corrected chi connectivity index (χ4v) is 5.54. The average molecular weight is 543 g/mol. The van der Waals surface area contributed by atoms with E-state index in [2.05, 4.69) is 41.5 Å². The molecule has 0 aromatic heterocycles. The van der Waals surface area contributed by atoms with Crippen molar-refractivity contribution in [1.29, 1.82) is 0 Å². The van der Waals surface area contributed by atoms with Crippen molar-refractivity contribution in [2.24, 2.45) is 10.1 Å². The molecule has 0 saturated carbocycles. The molecule has 2 atom stereocenters. The molecule has 5 rings (SSSR count). The number of aliphatic imine (C=N–C) groups is 1. The van der Waals surface area contributed by atoms with Gasteiger partial charge in [-0.05, 0) is 61.4 Å². The highest BCUT2D eigenvalue weighted by molar-refractivity contribution is 8.15. The van der Waals surface area contributed by atoms with Crippen LogP contribution >= 0.6 is 11.8 Å². The zero-order valence-corrected chi connectivity index (χ0v) is 22.9. The second kappa shape index (κ2) is 11.7. The van der Waals surface area contributed by atoms with Crippen LogP contribution in [0.3, 0.4) is 0 Å². The largest absolute Gasteiger partial charge is 0.497 e. The monoisotopic (exact) mass is 542 g/mol. The van der Waals surface area contributed by atoms with Gasteiger partial charge in [-0.25, -0.2) is 5.01 Å². The van der Waals surface area contributed by atoms with Gasteiger partial charge in [-0.15, -0.1) is 0 Å². The van der Waals surface area contributed by atoms with Gasteiger partial charge in [-0.3, -0.25) is 9.59 Å². The number of carbonyl (C=O) groups is 2. The van der Waals surface area contributed by atoms with Crippen molar-refractivity contribution in [1.82, 2.24) is 5.01 Å². The van der Waals surface area contributed by atoms with Crippen molar-refractivity contribution in [3.05, 3.63) is 89.5 Å². The van der Waals surface area contributed by atoms with Gasteiger partial charge in [0.25, 0.3) is 5.91 Å². The molecule has 0 radical (unpaired) electrons. The molecule has 2 aliphatic rings. The zero-order chi connectivity index (χ0) is 27.4. The summed E-state index contributed by atoms with van der Waals surface area (Å²) in [5, 5.41) is 9.48. The van der Waals surface area contributed by atoms with E-state index in [1.165, 1.54) is 17.3 Å². The number of hydrogen-bond donors (Lipinski definition) is 1. The maximum absolute atomic E-state index is 12.9. The first-order chi connectivity index (χ1) is 18.9. The predicted molar refractivity (Wildman–Crippen MR) is 155 cm³/mol. The first-order valence-corrected chi connectivity index (χ1v) is 13.7. The standard InChI is InChI=1S/C30H30N4O4S/c1-4-38-24-15-11-22(12-16-24)31-28(35)18-27-29(36)32-30(39-27)34-26(21-9-13-23(37-3)14-10-21)17-25(33-34)20-7-5-19(2)6-8-20/h5-16,26-27H,4,17-18H2,1-3H3,(H,31,35). The van der Waals surface area contributed by atoms with Gasteiger partial charge in [-0.1, -0.05) is 53.7 Å². The van der Waals surface area contributed by atoms with E-state index in [1.54, 1.807) is 31.4 Å². The normalized spacial score (nSPS) is 18.5. The van der Waals surface area contributed by atoms with E-state index >= 15 is 0 Å². The van der Waals surface area contributed by atoms with Gasteiger partial charge >= 0.3 is 0 Å². The Bertz CT molecular complexity index is 1400. The summed E-state index contributed by atoms with van der Waals surface area (Å²) in [6.45, 7) is 4.54. The lowest BCUT2D eigenvalue weighted by molar-refractivity contribution is -0.121. The van der Waals surface area contributed by atoms with Gasteiger partial charge in [0.1, 0.15) is 16.7 Å². The minimum absolute atomic E-state index is 0.0132. The molecule has 9 heteroatoms. The van der Waals surface area contributed by atoms with E-state index in [1.807, 2.05) is 36.2 Å². The van der Waals surface area contributed by atoms with Crippen molar-refractivity contribution < 1.29 is 19.1 Å². The van der Waals surface area contributed by atoms with E-state index in [0.717, 1.165) is 28.3 Å². The van der Waals surface area contributed by atoms with Crippen LogP contribution < -0.4 is 14.8 Å². The molecule has 1 N–H and O–H groups in total. The molecular weight excluding hydrogens is 512 g/mol. The second-order valence-electron chi connectivity index (χ2n) is 9.30. The molecule has 3 aromatic carbocycles. The van der Waals surface area contributed by atoms with Crippen LogP contribution in [-0.4, -0.2) is 46.7 Å². The molecule has 2 aliphatic heterocycles. The minimum Gasteiger partial charge on any atom is -0.497 e. The van der Waals surface area contributed by atoms with Gasteiger partial charge in [0.2, 0.25) is 5.91 Å². The number of amides is 2. The Morgan fingerprint density at radius 1 is 1.03 bits per heavy atom. The summed E-state index contributed by atoms with van der Waals surface area (Å²) in [6, 6.07) is 23.1. The number of thioether (sulfide) groups is 1. The Labute approximate surface area is 232 Å². The Morgan fingerprint density at radius 2 is 1.72 bits per heavy atom. The molecule has 200 valence electrons. The van der Waals surface area contributed by atoms with Crippen LogP contribution in [0.25, 0.3) is 0 Å². The number of amidine groups is 1. The summed E-state index contributed by atoms with van der Waals surface area (Å²) >= 11 is 1.28. The van der Waals surface area contributed by atoms with E-state index in [4.69, 9.17) is 14.6 Å². The zero-order valence-electron chi connectivity index (χ0n) is 22.1. The predicted octanol–water partition coefficient (Wildman–Crippen LogP) is 5.58. The fraction of sp³-hybridized carbons (Fsp3) is 0.267. The van der Waals surface area contributed by atoms with Crippen LogP contribution in [0.4, 0.5) is 5.69 Å². The molecule has 0 spiro atoms. The number of nitrogens with zero attached hydrogens (tertiary/aromatic N) is 3. The van der Waals surface area contributed by atoms with Gasteiger partial charge in [0.15, 0.2) is 5.17 Å². The highest BCUT2D eigenvalue weighted by Gasteiger charge is 2.39. The number of anilines is 1. The number of ether oxygens (including phenoxy) is 2. The molecule has 0 aliphatic carbocycles. The average Bonchev–Trinajstić information content (AvgIpc) is 3.54. The number of carbonyl (C=O) groups excluding carboxylic acids is 2. The summed E-state index contributed by atoms with van der Waals surface area (Å²) in [6.07, 6.45) is 0.672. The minimum atomic E-state index is -0.613. The molecule has 2 heterocycles. The van der Waals surface area contributed by atoms with Crippen molar-refractivity contribution >= 4 is 40.1 Å². The number of benzene rings is 3. The van der Waals surface area contributed by atoms with E-state index in [0.29, 0.717) is 23.9 Å². The molecule has 39 heavy (non-hydrogen) atoms. The molecule has 0 bridgehead atoms. The number of hydrazone groups is 1. The maximum Gasteiger partial charge on any atom is 0.262 e. The molecule has 2 unspecified atom stereocenters. The third-order valence-corrected chi connectivity index (χ3v) is 7.68. The SMILES string of the molecule is CCOc1ccc(NC(=O)CC2SC(N3N=C(c4ccc(C)cc4)CC3c3ccc(OC)cc3)=NC2=O)cc1. The number of hydrogen-bond acceptors (Lipinski definition) is 7. The lowest BCUT2D eigenvalue weighted by Gasteiger charge is -2.23. The van der Waals surface area contributed by atoms with Crippen LogP contribution in [0.15, 0.2) is 82.9 Å². The summed E-state index contributed by atoms with van der Waals surface area (Å²) in [7, 11) is 1.64. The summed E-state index contributed by atoms with van der Waals surface area (Å²) in [5.41, 5.74) is 4.81. The van der Waals surface area contributed by atoms with Crippen LogP contribution in [0, 0.1) is 6.92 Å².